The van der Waals surface area contributed by atoms with Gasteiger partial charge in [-0.3, -0.25) is 9.80 Å². The summed E-state index contributed by atoms with van der Waals surface area (Å²) in [4.78, 5) is 22.3. The Morgan fingerprint density at radius 2 is 1.66 bits per heavy atom. The normalized spacial score (nSPS) is 14.4. The number of nitrogens with zero attached hydrogens (tertiary/aromatic N) is 3. The van der Waals surface area contributed by atoms with Gasteiger partial charge in [-0.15, -0.1) is 0 Å². The molecule has 0 atom stereocenters. The average molecular weight is 591 g/mol. The van der Waals surface area contributed by atoms with E-state index in [1.54, 1.807) is 42.6 Å². The van der Waals surface area contributed by atoms with Crippen LogP contribution in [0.15, 0.2) is 102 Å². The van der Waals surface area contributed by atoms with Gasteiger partial charge in [-0.25, -0.2) is 18.2 Å². The number of sulfone groups is 1. The minimum absolute atomic E-state index is 0.0592. The highest BCUT2D eigenvalue weighted by Gasteiger charge is 2.29. The van der Waals surface area contributed by atoms with Gasteiger partial charge in [-0.2, -0.15) is 0 Å². The lowest BCUT2D eigenvalue weighted by Crippen LogP contribution is -2.49. The van der Waals surface area contributed by atoms with Crippen molar-refractivity contribution >= 4 is 38.8 Å². The number of amides is 2. The lowest BCUT2D eigenvalue weighted by atomic mass is 10.0. The highest BCUT2D eigenvalue weighted by atomic mass is 35.5. The molecule has 0 unspecified atom stereocenters. The number of carbonyl (C=O) groups excluding carboxylic acids is 1. The van der Waals surface area contributed by atoms with Crippen LogP contribution in [-0.4, -0.2) is 49.7 Å². The van der Waals surface area contributed by atoms with E-state index in [9.17, 15) is 13.2 Å². The number of nitrogens with one attached hydrogen (secondary N) is 1. The Morgan fingerprint density at radius 3 is 2.27 bits per heavy atom. The summed E-state index contributed by atoms with van der Waals surface area (Å²) in [5.41, 5.74) is 2.62. The van der Waals surface area contributed by atoms with Gasteiger partial charge in [0.15, 0.2) is 9.84 Å². The topological polar surface area (TPSA) is 91.8 Å². The van der Waals surface area contributed by atoms with Crippen LogP contribution >= 0.6 is 11.6 Å². The number of para-hydroxylation sites is 1. The molecule has 10 heteroatoms. The molecule has 0 spiro atoms. The summed E-state index contributed by atoms with van der Waals surface area (Å²) in [5, 5.41) is 3.64. The second kappa shape index (κ2) is 12.7. The van der Waals surface area contributed by atoms with Gasteiger partial charge in [-0.1, -0.05) is 35.9 Å². The predicted molar refractivity (Wildman–Crippen MR) is 162 cm³/mol. The van der Waals surface area contributed by atoms with Gasteiger partial charge >= 0.3 is 6.03 Å². The summed E-state index contributed by atoms with van der Waals surface area (Å²) in [7, 11) is -3.26. The van der Waals surface area contributed by atoms with Gasteiger partial charge in [0.05, 0.1) is 4.90 Å². The van der Waals surface area contributed by atoms with E-state index in [2.05, 4.69) is 15.2 Å². The summed E-state index contributed by atoms with van der Waals surface area (Å²) in [6.07, 6.45) is 4.63. The zero-order valence-corrected chi connectivity index (χ0v) is 24.2. The summed E-state index contributed by atoms with van der Waals surface area (Å²) >= 11 is 6.00. The van der Waals surface area contributed by atoms with Gasteiger partial charge < -0.3 is 10.1 Å². The molecule has 2 heterocycles. The maximum absolute atomic E-state index is 13.4. The van der Waals surface area contributed by atoms with Gasteiger partial charge in [0.1, 0.15) is 5.75 Å². The molecule has 0 bridgehead atoms. The first-order valence-electron chi connectivity index (χ1n) is 13.3. The second-order valence-electron chi connectivity index (χ2n) is 10.0. The number of aromatic nitrogens is 1. The number of pyridine rings is 1. The molecule has 0 saturated carbocycles. The minimum Gasteiger partial charge on any atom is -0.439 e. The first kappa shape index (κ1) is 28.6. The second-order valence-corrected chi connectivity index (χ2v) is 12.5. The fraction of sp³-hybridized carbons (Fsp3) is 0.226. The third kappa shape index (κ3) is 7.64. The van der Waals surface area contributed by atoms with Gasteiger partial charge in [0.2, 0.25) is 5.88 Å². The number of urea groups is 1. The van der Waals surface area contributed by atoms with E-state index in [4.69, 9.17) is 16.3 Å². The maximum atomic E-state index is 13.4. The Kier molecular flexibility index (Phi) is 8.87. The molecule has 1 N–H and O–H groups in total. The molecule has 212 valence electrons. The molecule has 2 amide bonds. The molecule has 0 radical (unpaired) electrons. The molecule has 41 heavy (non-hydrogen) atoms. The number of anilines is 2. The van der Waals surface area contributed by atoms with E-state index in [0.29, 0.717) is 22.3 Å². The Morgan fingerprint density at radius 1 is 0.976 bits per heavy atom. The van der Waals surface area contributed by atoms with Crippen molar-refractivity contribution in [2.75, 3.05) is 29.6 Å². The van der Waals surface area contributed by atoms with Crippen LogP contribution in [0.2, 0.25) is 5.02 Å². The number of rotatable bonds is 8. The van der Waals surface area contributed by atoms with Crippen LogP contribution in [0.25, 0.3) is 0 Å². The van der Waals surface area contributed by atoms with Crippen molar-refractivity contribution in [3.63, 3.8) is 0 Å². The fourth-order valence-electron chi connectivity index (χ4n) is 4.83. The average Bonchev–Trinajstić information content (AvgIpc) is 2.97. The first-order chi connectivity index (χ1) is 19.7. The van der Waals surface area contributed by atoms with E-state index >= 15 is 0 Å². The lowest BCUT2D eigenvalue weighted by molar-refractivity contribution is 0.199. The molecule has 3 aromatic carbocycles. The molecule has 5 rings (SSSR count). The predicted octanol–water partition coefficient (Wildman–Crippen LogP) is 6.63. The highest BCUT2D eigenvalue weighted by Crippen LogP contribution is 2.27. The number of carbonyl (C=O) groups is 1. The Balaban J connectivity index is 1.18. The van der Waals surface area contributed by atoms with Crippen molar-refractivity contribution < 1.29 is 17.9 Å². The van der Waals surface area contributed by atoms with Crippen LogP contribution in [0.1, 0.15) is 18.4 Å². The summed E-state index contributed by atoms with van der Waals surface area (Å²) in [6, 6.07) is 26.8. The number of halogens is 1. The van der Waals surface area contributed by atoms with Crippen LogP contribution in [0.5, 0.6) is 11.6 Å². The molecule has 1 aliphatic rings. The third-order valence-corrected chi connectivity index (χ3v) is 8.33. The molecule has 8 nitrogen and oxygen atoms in total. The number of ether oxygens (including phenoxy) is 1. The first-order valence-corrected chi connectivity index (χ1v) is 15.6. The Hall–Kier alpha value is -3.92. The van der Waals surface area contributed by atoms with E-state index in [-0.39, 0.29) is 17.0 Å². The SMILES string of the molecule is CS(=O)(=O)c1ccc(Oc2ccc(CN3CCC(N(C(=O)Nc4ccc(Cl)cc4)c4ccccc4)CC3)cn2)cc1. The number of likely N-dealkylation sites (tertiary alicyclic amines) is 1. The standard InChI is InChI=1S/C31H31ClN4O4S/c1-41(38,39)29-14-12-28(13-15-29)40-30-16-7-23(21-33-30)22-35-19-17-27(18-20-35)36(26-5-3-2-4-6-26)31(37)34-25-10-8-24(32)9-11-25/h2-16,21,27H,17-20,22H2,1H3,(H,34,37). The van der Waals surface area contributed by atoms with Gasteiger partial charge in [0, 0.05) is 60.6 Å². The molecule has 4 aromatic rings. The van der Waals surface area contributed by atoms with Crippen molar-refractivity contribution in [2.45, 2.75) is 30.3 Å². The fourth-order valence-corrected chi connectivity index (χ4v) is 5.59. The number of hydrogen-bond donors (Lipinski definition) is 1. The van der Waals surface area contributed by atoms with E-state index < -0.39 is 9.84 Å². The van der Waals surface area contributed by atoms with Crippen LogP contribution in [0.3, 0.4) is 0 Å². The van der Waals surface area contributed by atoms with Crippen molar-refractivity contribution in [3.8, 4) is 11.6 Å². The zero-order chi connectivity index (χ0) is 28.8. The summed E-state index contributed by atoms with van der Waals surface area (Å²) in [5.74, 6) is 0.951. The molecule has 1 aliphatic heterocycles. The van der Waals surface area contributed by atoms with Crippen molar-refractivity contribution in [1.29, 1.82) is 0 Å². The molecule has 1 fully saturated rings. The quantitative estimate of drug-likeness (QED) is 0.247. The third-order valence-electron chi connectivity index (χ3n) is 6.95. The van der Waals surface area contributed by atoms with E-state index in [0.717, 1.165) is 43.7 Å². The van der Waals surface area contributed by atoms with E-state index in [1.165, 1.54) is 18.4 Å². The molecule has 0 aliphatic carbocycles. The Labute approximate surface area is 245 Å². The van der Waals surface area contributed by atoms with Gasteiger partial charge in [-0.05, 0) is 79.1 Å². The minimum atomic E-state index is -3.26. The summed E-state index contributed by atoms with van der Waals surface area (Å²) in [6.45, 7) is 2.42. The van der Waals surface area contributed by atoms with Crippen LogP contribution in [0.4, 0.5) is 16.2 Å². The van der Waals surface area contributed by atoms with Crippen molar-refractivity contribution in [2.24, 2.45) is 0 Å². The van der Waals surface area contributed by atoms with Crippen LogP contribution in [-0.2, 0) is 16.4 Å². The molecular weight excluding hydrogens is 560 g/mol. The van der Waals surface area contributed by atoms with Crippen molar-refractivity contribution in [3.05, 3.63) is 108 Å². The number of piperidine rings is 1. The lowest BCUT2D eigenvalue weighted by Gasteiger charge is -2.38. The highest BCUT2D eigenvalue weighted by molar-refractivity contribution is 7.90. The molecule has 1 saturated heterocycles. The van der Waals surface area contributed by atoms with Crippen LogP contribution in [0, 0.1) is 0 Å². The number of benzene rings is 3. The van der Waals surface area contributed by atoms with Crippen LogP contribution < -0.4 is 15.0 Å². The summed E-state index contributed by atoms with van der Waals surface area (Å²) < 4.78 is 29.1. The Bertz CT molecular complexity index is 1560. The zero-order valence-electron chi connectivity index (χ0n) is 22.6. The molecule has 1 aromatic heterocycles. The number of hydrogen-bond acceptors (Lipinski definition) is 6. The van der Waals surface area contributed by atoms with Crippen molar-refractivity contribution in [1.82, 2.24) is 9.88 Å². The monoisotopic (exact) mass is 590 g/mol. The van der Waals surface area contributed by atoms with Gasteiger partial charge in [0.25, 0.3) is 0 Å². The maximum Gasteiger partial charge on any atom is 0.326 e. The largest absolute Gasteiger partial charge is 0.439 e. The van der Waals surface area contributed by atoms with E-state index in [1.807, 2.05) is 47.4 Å². The smallest absolute Gasteiger partial charge is 0.326 e. The molecular formula is C31H31ClN4O4S.